The zero-order valence-corrected chi connectivity index (χ0v) is 7.61. The van der Waals surface area contributed by atoms with E-state index in [9.17, 15) is 4.79 Å². The summed E-state index contributed by atoms with van der Waals surface area (Å²) in [6, 6.07) is 3.07. The minimum Gasteiger partial charge on any atom is -0.504 e. The molecule has 0 fully saturated rings. The van der Waals surface area contributed by atoms with E-state index in [4.69, 9.17) is 21.4 Å². The first-order valence-corrected chi connectivity index (χ1v) is 3.93. The predicted molar refractivity (Wildman–Crippen MR) is 53.8 cm³/mol. The molecule has 0 aromatic heterocycles. The number of guanidine groups is 1. The van der Waals surface area contributed by atoms with Gasteiger partial charge in [-0.25, -0.2) is 4.79 Å². The Hall–Kier alpha value is -2.44. The monoisotopic (exact) mass is 210 g/mol. The first-order chi connectivity index (χ1) is 6.99. The molecule has 7 heteroatoms. The molecular weight excluding hydrogens is 200 g/mol. The number of phenolic OH excluding ortho intramolecular Hbond substituents is 2. The summed E-state index contributed by atoms with van der Waals surface area (Å²) in [5.41, 5.74) is 5.19. The van der Waals surface area contributed by atoms with Gasteiger partial charge in [-0.1, -0.05) is 0 Å². The Labute approximate surface area is 85.0 Å². The molecule has 0 aliphatic rings. The lowest BCUT2D eigenvalue weighted by Gasteiger charge is -2.06. The van der Waals surface area contributed by atoms with E-state index in [2.05, 4.69) is 5.32 Å². The molecule has 0 heterocycles. The molecule has 80 valence electrons. The van der Waals surface area contributed by atoms with E-state index < -0.39 is 12.0 Å². The first kappa shape index (κ1) is 10.6. The molecule has 0 aliphatic carbocycles. The minimum atomic E-state index is -0.701. The van der Waals surface area contributed by atoms with Crippen LogP contribution < -0.4 is 16.4 Å². The topological polar surface area (TPSA) is 131 Å². The van der Waals surface area contributed by atoms with Crippen LogP contribution in [0.25, 0.3) is 0 Å². The number of benzene rings is 1. The summed E-state index contributed by atoms with van der Waals surface area (Å²) in [6.07, 6.45) is 0. The Bertz CT molecular complexity index is 405. The average molecular weight is 210 g/mol. The number of carbonyl (C=O) groups is 1. The number of nitrogens with two attached hydrogens (primary N) is 1. The van der Waals surface area contributed by atoms with Crippen molar-refractivity contribution in [2.75, 3.05) is 5.32 Å². The Morgan fingerprint density at radius 3 is 2.53 bits per heavy atom. The van der Waals surface area contributed by atoms with E-state index in [1.165, 1.54) is 12.1 Å². The normalized spacial score (nSPS) is 9.33. The summed E-state index contributed by atoms with van der Waals surface area (Å²) >= 11 is 0. The Balaban J connectivity index is 2.69. The molecule has 0 atom stereocenters. The quantitative estimate of drug-likeness (QED) is 0.170. The van der Waals surface area contributed by atoms with Gasteiger partial charge in [-0.05, 0) is 12.1 Å². The smallest absolute Gasteiger partial charge is 0.325 e. The lowest BCUT2D eigenvalue weighted by Crippen LogP contribution is -2.38. The average Bonchev–Trinajstić information content (AvgIpc) is 2.10. The van der Waals surface area contributed by atoms with Crippen molar-refractivity contribution in [3.8, 4) is 11.5 Å². The molecule has 0 saturated heterocycles. The standard InChI is InChI=1S/C8H10N4O3/c9-7(10)12-8(15)11-4-1-2-5(13)6(14)3-4/h1-3,13-14H,(H5,9,10,11,12,15). The van der Waals surface area contributed by atoms with Crippen molar-refractivity contribution in [3.63, 3.8) is 0 Å². The molecule has 1 rings (SSSR count). The van der Waals surface area contributed by atoms with Gasteiger partial charge in [0.05, 0.1) is 0 Å². The minimum absolute atomic E-state index is 0.268. The summed E-state index contributed by atoms with van der Waals surface area (Å²) in [4.78, 5) is 11.0. The highest BCUT2D eigenvalue weighted by molar-refractivity contribution is 6.00. The Morgan fingerprint density at radius 2 is 2.00 bits per heavy atom. The number of hydrogen-bond acceptors (Lipinski definition) is 4. The van der Waals surface area contributed by atoms with E-state index >= 15 is 0 Å². The van der Waals surface area contributed by atoms with Crippen LogP contribution in [0.15, 0.2) is 18.2 Å². The first-order valence-electron chi connectivity index (χ1n) is 3.93. The number of amides is 2. The van der Waals surface area contributed by atoms with Gasteiger partial charge in [0, 0.05) is 11.8 Å². The van der Waals surface area contributed by atoms with Gasteiger partial charge in [-0.2, -0.15) is 0 Å². The van der Waals surface area contributed by atoms with Gasteiger partial charge >= 0.3 is 6.03 Å². The van der Waals surface area contributed by atoms with E-state index in [-0.39, 0.29) is 17.2 Å². The van der Waals surface area contributed by atoms with Gasteiger partial charge < -0.3 is 21.3 Å². The van der Waals surface area contributed by atoms with Crippen molar-refractivity contribution in [1.29, 1.82) is 5.41 Å². The second-order valence-corrected chi connectivity index (χ2v) is 2.70. The molecule has 7 nitrogen and oxygen atoms in total. The molecule has 0 aliphatic heterocycles. The number of rotatable bonds is 1. The van der Waals surface area contributed by atoms with Gasteiger partial charge in [0.1, 0.15) is 0 Å². The number of phenols is 2. The van der Waals surface area contributed by atoms with Crippen LogP contribution in [-0.4, -0.2) is 22.2 Å². The largest absolute Gasteiger partial charge is 0.504 e. The fourth-order valence-electron chi connectivity index (χ4n) is 0.886. The van der Waals surface area contributed by atoms with Gasteiger partial charge in [0.2, 0.25) is 0 Å². The van der Waals surface area contributed by atoms with E-state index in [1.807, 2.05) is 5.32 Å². The number of nitrogens with one attached hydrogen (secondary N) is 3. The van der Waals surface area contributed by atoms with Gasteiger partial charge in [-0.3, -0.25) is 10.7 Å². The second kappa shape index (κ2) is 4.18. The molecule has 1 aromatic carbocycles. The zero-order valence-electron chi connectivity index (χ0n) is 7.61. The van der Waals surface area contributed by atoms with Crippen molar-refractivity contribution < 1.29 is 15.0 Å². The van der Waals surface area contributed by atoms with Crippen molar-refractivity contribution in [2.45, 2.75) is 0 Å². The van der Waals surface area contributed by atoms with Gasteiger partial charge in [-0.15, -0.1) is 0 Å². The van der Waals surface area contributed by atoms with Gasteiger partial charge in [0.25, 0.3) is 0 Å². The third-order valence-corrected chi connectivity index (χ3v) is 1.48. The van der Waals surface area contributed by atoms with Crippen LogP contribution in [0, 0.1) is 5.41 Å². The van der Waals surface area contributed by atoms with Crippen LogP contribution in [0.1, 0.15) is 0 Å². The maximum absolute atomic E-state index is 11.0. The van der Waals surface area contributed by atoms with E-state index in [0.717, 1.165) is 6.07 Å². The van der Waals surface area contributed by atoms with Crippen molar-refractivity contribution in [2.24, 2.45) is 5.73 Å². The molecule has 0 unspecified atom stereocenters. The summed E-state index contributed by atoms with van der Waals surface area (Å²) in [7, 11) is 0. The van der Waals surface area contributed by atoms with Crippen molar-refractivity contribution in [1.82, 2.24) is 5.32 Å². The van der Waals surface area contributed by atoms with Crippen molar-refractivity contribution in [3.05, 3.63) is 18.2 Å². The summed E-state index contributed by atoms with van der Waals surface area (Å²) in [6.45, 7) is 0. The van der Waals surface area contributed by atoms with Crippen molar-refractivity contribution >= 4 is 17.7 Å². The SMILES string of the molecule is N=C(N)NC(=O)Nc1ccc(O)c(O)c1. The Kier molecular flexibility index (Phi) is 2.97. The predicted octanol–water partition coefficient (Wildman–Crippen LogP) is 0.113. The number of carbonyl (C=O) groups excluding carboxylic acids is 1. The number of urea groups is 1. The highest BCUT2D eigenvalue weighted by atomic mass is 16.3. The molecule has 0 saturated carbocycles. The molecule has 1 aromatic rings. The number of anilines is 1. The fraction of sp³-hybridized carbons (Fsp3) is 0. The Morgan fingerprint density at radius 1 is 1.33 bits per heavy atom. The number of hydrogen-bond donors (Lipinski definition) is 6. The van der Waals surface area contributed by atoms with E-state index in [1.54, 1.807) is 0 Å². The van der Waals surface area contributed by atoms with Gasteiger partial charge in [0.15, 0.2) is 17.5 Å². The molecular formula is C8H10N4O3. The molecule has 7 N–H and O–H groups in total. The second-order valence-electron chi connectivity index (χ2n) is 2.70. The maximum Gasteiger partial charge on any atom is 0.325 e. The lowest BCUT2D eigenvalue weighted by molar-refractivity contribution is 0.256. The summed E-state index contributed by atoms with van der Waals surface area (Å²) in [5, 5.41) is 29.2. The maximum atomic E-state index is 11.0. The molecule has 0 radical (unpaired) electrons. The highest BCUT2D eigenvalue weighted by Crippen LogP contribution is 2.27. The summed E-state index contributed by atoms with van der Waals surface area (Å²) < 4.78 is 0. The van der Waals surface area contributed by atoms with Crippen LogP contribution in [0.5, 0.6) is 11.5 Å². The van der Waals surface area contributed by atoms with Crippen LogP contribution in [-0.2, 0) is 0 Å². The van der Waals surface area contributed by atoms with Crippen LogP contribution in [0.2, 0.25) is 0 Å². The lowest BCUT2D eigenvalue weighted by atomic mass is 10.3. The van der Waals surface area contributed by atoms with Crippen LogP contribution in [0.3, 0.4) is 0 Å². The highest BCUT2D eigenvalue weighted by Gasteiger charge is 2.04. The number of aromatic hydroxyl groups is 2. The zero-order chi connectivity index (χ0) is 11.4. The summed E-state index contributed by atoms with van der Waals surface area (Å²) in [5.74, 6) is -1.13. The van der Waals surface area contributed by atoms with Crippen LogP contribution >= 0.6 is 0 Å². The fourth-order valence-corrected chi connectivity index (χ4v) is 0.886. The molecule has 2 amide bonds. The molecule has 15 heavy (non-hydrogen) atoms. The van der Waals surface area contributed by atoms with E-state index in [0.29, 0.717) is 0 Å². The molecule has 0 spiro atoms. The molecule has 0 bridgehead atoms. The third kappa shape index (κ3) is 3.07. The van der Waals surface area contributed by atoms with Crippen LogP contribution in [0.4, 0.5) is 10.5 Å². The third-order valence-electron chi connectivity index (χ3n) is 1.48.